The Hall–Kier alpha value is -4.88. The van der Waals surface area contributed by atoms with Gasteiger partial charge in [-0.05, 0) is 87.3 Å². The topological polar surface area (TPSA) is 3.24 Å². The van der Waals surface area contributed by atoms with E-state index in [0.29, 0.717) is 5.92 Å². The van der Waals surface area contributed by atoms with E-state index in [9.17, 15) is 0 Å². The minimum atomic E-state index is 0.554. The van der Waals surface area contributed by atoms with E-state index in [1.54, 1.807) is 0 Å². The van der Waals surface area contributed by atoms with Crippen molar-refractivity contribution < 1.29 is 0 Å². The van der Waals surface area contributed by atoms with Crippen LogP contribution in [0.4, 0.5) is 17.1 Å². The first-order valence-corrected chi connectivity index (χ1v) is 14.4. The number of benzene rings is 6. The molecule has 0 bridgehead atoms. The predicted molar refractivity (Wildman–Crippen MR) is 178 cm³/mol. The number of hydrogen-bond acceptors (Lipinski definition) is 1. The van der Waals surface area contributed by atoms with Gasteiger partial charge in [-0.25, -0.2) is 0 Å². The van der Waals surface area contributed by atoms with Crippen molar-refractivity contribution in [2.45, 2.75) is 26.7 Å². The number of fused-ring (bicyclic) bond motifs is 1. The molecule has 41 heavy (non-hydrogen) atoms. The maximum absolute atomic E-state index is 2.35. The standard InChI is InChI=1S/C40H35N/c1-29(2)33-18-14-31(15-19-33)12-13-32-16-20-35(21-17-32)36-22-25-38(26-23-36)41(40-11-7-4-8-30(40)3)39-27-24-34-9-5-6-10-37(34)28-39/h4-29H,1-3H3. The molecule has 0 N–H and O–H groups in total. The van der Waals surface area contributed by atoms with Crippen LogP contribution in [0.2, 0.25) is 0 Å². The Morgan fingerprint density at radius 1 is 0.512 bits per heavy atom. The van der Waals surface area contributed by atoms with E-state index in [4.69, 9.17) is 0 Å². The van der Waals surface area contributed by atoms with Crippen LogP contribution >= 0.6 is 0 Å². The second-order valence-corrected chi connectivity index (χ2v) is 11.0. The van der Waals surface area contributed by atoms with E-state index < -0.39 is 0 Å². The molecule has 6 rings (SSSR count). The minimum absolute atomic E-state index is 0.554. The fraction of sp³-hybridized carbons (Fsp3) is 0.100. The number of hydrogen-bond donors (Lipinski definition) is 0. The van der Waals surface area contributed by atoms with Crippen LogP contribution < -0.4 is 4.90 Å². The van der Waals surface area contributed by atoms with Gasteiger partial charge in [0.2, 0.25) is 0 Å². The summed E-state index contributed by atoms with van der Waals surface area (Å²) in [6.45, 7) is 6.63. The molecule has 0 aromatic heterocycles. The van der Waals surface area contributed by atoms with Crippen LogP contribution in [0.5, 0.6) is 0 Å². The molecule has 1 nitrogen and oxygen atoms in total. The normalized spacial score (nSPS) is 11.4. The highest BCUT2D eigenvalue weighted by Gasteiger charge is 2.15. The number of anilines is 3. The van der Waals surface area contributed by atoms with E-state index in [0.717, 1.165) is 11.4 Å². The minimum Gasteiger partial charge on any atom is -0.310 e. The zero-order chi connectivity index (χ0) is 28.2. The van der Waals surface area contributed by atoms with Crippen molar-refractivity contribution in [2.24, 2.45) is 0 Å². The van der Waals surface area contributed by atoms with Gasteiger partial charge < -0.3 is 4.90 Å². The molecule has 0 saturated heterocycles. The highest BCUT2D eigenvalue weighted by Crippen LogP contribution is 2.38. The summed E-state index contributed by atoms with van der Waals surface area (Å²) < 4.78 is 0. The fourth-order valence-corrected chi connectivity index (χ4v) is 5.33. The summed E-state index contributed by atoms with van der Waals surface area (Å²) in [6, 6.07) is 50.4. The Bertz CT molecular complexity index is 1790. The molecule has 0 aliphatic heterocycles. The SMILES string of the molecule is Cc1ccccc1N(c1ccc(-c2ccc(C=Cc3ccc(C(C)C)cc3)cc2)cc1)c1ccc2ccccc2c1. The lowest BCUT2D eigenvalue weighted by molar-refractivity contribution is 0.866. The first kappa shape index (κ1) is 26.3. The summed E-state index contributed by atoms with van der Waals surface area (Å²) >= 11 is 0. The molecular formula is C40H35N. The van der Waals surface area contributed by atoms with Crippen molar-refractivity contribution in [1.29, 1.82) is 0 Å². The van der Waals surface area contributed by atoms with Crippen molar-refractivity contribution in [3.63, 3.8) is 0 Å². The van der Waals surface area contributed by atoms with Gasteiger partial charge in [0.25, 0.3) is 0 Å². The van der Waals surface area contributed by atoms with Crippen LogP contribution in [0.3, 0.4) is 0 Å². The molecule has 0 atom stereocenters. The van der Waals surface area contributed by atoms with Crippen LogP contribution in [-0.2, 0) is 0 Å². The third-order valence-electron chi connectivity index (χ3n) is 7.79. The van der Waals surface area contributed by atoms with E-state index in [1.165, 1.54) is 49.8 Å². The van der Waals surface area contributed by atoms with E-state index in [1.807, 2.05) is 0 Å². The Labute approximate surface area is 244 Å². The van der Waals surface area contributed by atoms with Gasteiger partial charge in [-0.15, -0.1) is 0 Å². The Balaban J connectivity index is 1.26. The maximum Gasteiger partial charge on any atom is 0.0490 e. The Morgan fingerprint density at radius 3 is 1.68 bits per heavy atom. The lowest BCUT2D eigenvalue weighted by atomic mass is 10.0. The Kier molecular flexibility index (Phi) is 7.52. The van der Waals surface area contributed by atoms with Gasteiger partial charge in [-0.1, -0.05) is 135 Å². The molecule has 0 aliphatic rings. The Morgan fingerprint density at radius 2 is 1.05 bits per heavy atom. The van der Waals surface area contributed by atoms with Crippen LogP contribution in [0.15, 0.2) is 140 Å². The maximum atomic E-state index is 2.35. The molecular weight excluding hydrogens is 494 g/mol. The van der Waals surface area contributed by atoms with Crippen LogP contribution in [-0.4, -0.2) is 0 Å². The average molecular weight is 530 g/mol. The lowest BCUT2D eigenvalue weighted by Crippen LogP contribution is -2.11. The zero-order valence-electron chi connectivity index (χ0n) is 24.0. The monoisotopic (exact) mass is 529 g/mol. The van der Waals surface area contributed by atoms with Crippen molar-refractivity contribution in [1.82, 2.24) is 0 Å². The lowest BCUT2D eigenvalue weighted by Gasteiger charge is -2.27. The molecule has 0 saturated carbocycles. The summed E-state index contributed by atoms with van der Waals surface area (Å²) in [4.78, 5) is 2.35. The molecule has 200 valence electrons. The molecule has 1 heteroatoms. The average Bonchev–Trinajstić information content (AvgIpc) is 3.02. The second-order valence-electron chi connectivity index (χ2n) is 11.0. The van der Waals surface area contributed by atoms with Gasteiger partial charge in [-0.3, -0.25) is 0 Å². The summed E-state index contributed by atoms with van der Waals surface area (Å²) in [5.74, 6) is 0.554. The first-order chi connectivity index (χ1) is 20.0. The van der Waals surface area contributed by atoms with Gasteiger partial charge in [0.1, 0.15) is 0 Å². The van der Waals surface area contributed by atoms with Gasteiger partial charge >= 0.3 is 0 Å². The fourth-order valence-electron chi connectivity index (χ4n) is 5.33. The molecule has 0 fully saturated rings. The molecule has 0 aliphatic carbocycles. The predicted octanol–water partition coefficient (Wildman–Crippen LogP) is 11.6. The number of rotatable bonds is 7. The van der Waals surface area contributed by atoms with Crippen molar-refractivity contribution >= 4 is 40.0 Å². The summed E-state index contributed by atoms with van der Waals surface area (Å²) in [5, 5.41) is 2.49. The van der Waals surface area contributed by atoms with Gasteiger partial charge in [0, 0.05) is 17.1 Å². The summed E-state index contributed by atoms with van der Waals surface area (Å²) in [7, 11) is 0. The molecule has 0 spiro atoms. The largest absolute Gasteiger partial charge is 0.310 e. The third-order valence-corrected chi connectivity index (χ3v) is 7.79. The van der Waals surface area contributed by atoms with E-state index in [-0.39, 0.29) is 0 Å². The molecule has 6 aromatic rings. The molecule has 0 radical (unpaired) electrons. The smallest absolute Gasteiger partial charge is 0.0490 e. The van der Waals surface area contributed by atoms with Crippen LogP contribution in [0.1, 0.15) is 42.0 Å². The van der Waals surface area contributed by atoms with E-state index in [2.05, 4.69) is 177 Å². The molecule has 0 heterocycles. The van der Waals surface area contributed by atoms with Crippen LogP contribution in [0, 0.1) is 6.92 Å². The highest BCUT2D eigenvalue weighted by atomic mass is 15.1. The summed E-state index contributed by atoms with van der Waals surface area (Å²) in [5.41, 5.74) is 10.9. The molecule has 0 amide bonds. The molecule has 0 unspecified atom stereocenters. The third kappa shape index (κ3) is 5.85. The quantitative estimate of drug-likeness (QED) is 0.186. The number of aryl methyl sites for hydroxylation is 1. The number of nitrogens with zero attached hydrogens (tertiary/aromatic N) is 1. The van der Waals surface area contributed by atoms with Crippen molar-refractivity contribution in [3.05, 3.63) is 162 Å². The summed E-state index contributed by atoms with van der Waals surface area (Å²) in [6.07, 6.45) is 4.36. The first-order valence-electron chi connectivity index (χ1n) is 14.4. The van der Waals surface area contributed by atoms with Gasteiger partial charge in [0.15, 0.2) is 0 Å². The zero-order valence-corrected chi connectivity index (χ0v) is 24.0. The van der Waals surface area contributed by atoms with Crippen molar-refractivity contribution in [3.8, 4) is 11.1 Å². The van der Waals surface area contributed by atoms with Gasteiger partial charge in [0.05, 0.1) is 0 Å². The van der Waals surface area contributed by atoms with Crippen molar-refractivity contribution in [2.75, 3.05) is 4.90 Å². The second kappa shape index (κ2) is 11.7. The number of para-hydroxylation sites is 1. The highest BCUT2D eigenvalue weighted by molar-refractivity contribution is 5.90. The van der Waals surface area contributed by atoms with E-state index >= 15 is 0 Å². The van der Waals surface area contributed by atoms with Crippen LogP contribution in [0.25, 0.3) is 34.1 Å². The van der Waals surface area contributed by atoms with Gasteiger partial charge in [-0.2, -0.15) is 0 Å². The molecule has 6 aromatic carbocycles.